The van der Waals surface area contributed by atoms with Gasteiger partial charge in [0.1, 0.15) is 36.0 Å². The maximum Gasteiger partial charge on any atom is 0.416 e. The van der Waals surface area contributed by atoms with Crippen LogP contribution in [0.2, 0.25) is 10.0 Å². The Balaban J connectivity index is 0.000000297. The molecular weight excluding hydrogens is 1330 g/mol. The van der Waals surface area contributed by atoms with Crippen molar-refractivity contribution in [3.05, 3.63) is 132 Å². The molecule has 2 amide bonds. The number of nitro groups is 2. The monoisotopic (exact) mass is 1390 g/mol. The van der Waals surface area contributed by atoms with E-state index >= 15 is 0 Å². The molecule has 486 valence electrons. The lowest BCUT2D eigenvalue weighted by Gasteiger charge is -2.35. The molecule has 2 heterocycles. The maximum absolute atomic E-state index is 12.6. The number of carbonyl (C=O) groups is 6. The number of Topliss-reactive ketones (excluding diaryl/α,β-unsaturated/α-hetero) is 3. The van der Waals surface area contributed by atoms with Crippen LogP contribution in [-0.4, -0.2) is 140 Å². The average molecular weight is 1390 g/mol. The Morgan fingerprint density at radius 1 is 0.978 bits per heavy atom. The summed E-state index contributed by atoms with van der Waals surface area (Å²) in [6, 6.07) is 17.4. The number of hydrogen-bond acceptors (Lipinski definition) is 18. The Morgan fingerprint density at radius 3 is 2.04 bits per heavy atom. The Morgan fingerprint density at radius 2 is 1.56 bits per heavy atom. The van der Waals surface area contributed by atoms with Crippen molar-refractivity contribution in [2.75, 3.05) is 60.8 Å². The van der Waals surface area contributed by atoms with Crippen LogP contribution in [0.15, 0.2) is 83.9 Å². The van der Waals surface area contributed by atoms with E-state index in [1.54, 1.807) is 16.9 Å². The topological polar surface area (TPSA) is 381 Å². The number of hydrogen-bond donors (Lipinski definition) is 5. The number of rotatable bonds is 17. The van der Waals surface area contributed by atoms with Crippen molar-refractivity contribution in [3.63, 3.8) is 0 Å². The highest BCUT2D eigenvalue weighted by atomic mass is 35.5. The average Bonchev–Trinajstić information content (AvgIpc) is 3.42. The van der Waals surface area contributed by atoms with Crippen LogP contribution in [0, 0.1) is 33.1 Å². The minimum absolute atomic E-state index is 0.0223. The maximum atomic E-state index is 12.6. The largest absolute Gasteiger partial charge is 0.489 e. The van der Waals surface area contributed by atoms with Crippen molar-refractivity contribution in [3.8, 4) is 11.4 Å². The molecule has 6 N–H and O–H groups in total. The Kier molecular flexibility index (Phi) is 29.1. The van der Waals surface area contributed by atoms with Gasteiger partial charge in [0, 0.05) is 32.3 Å². The molecule has 2 aliphatic rings. The van der Waals surface area contributed by atoms with E-state index in [1.165, 1.54) is 0 Å². The number of nitro benzene ring substituents is 1. The van der Waals surface area contributed by atoms with Gasteiger partial charge < -0.3 is 39.9 Å². The minimum atomic E-state index is -4.63. The number of methoxy groups -OCH3 is 1. The van der Waals surface area contributed by atoms with E-state index in [0.29, 0.717) is 37.5 Å². The smallest absolute Gasteiger partial charge is 0.416 e. The highest BCUT2D eigenvalue weighted by molar-refractivity contribution is 7.90. The first-order chi connectivity index (χ1) is 41.3. The zero-order chi connectivity index (χ0) is 67.6. The third-order valence-corrected chi connectivity index (χ3v) is 15.3. The van der Waals surface area contributed by atoms with Crippen molar-refractivity contribution in [1.29, 1.82) is 0 Å². The number of para-hydroxylation sites is 3. The molecule has 0 saturated heterocycles. The Labute approximate surface area is 531 Å². The lowest BCUT2D eigenvalue weighted by atomic mass is 9.81. The summed E-state index contributed by atoms with van der Waals surface area (Å²) in [6.07, 6.45) is -2.14. The van der Waals surface area contributed by atoms with Crippen LogP contribution in [-0.2, 0) is 55.7 Å². The second-order valence-electron chi connectivity index (χ2n) is 19.1. The molecule has 0 bridgehead atoms. The number of sulfone groups is 1. The standard InChI is InChI=1S/C15H22ClNO2.C14H13NO7S.C11H11Cl2NO2.C10H5Cl2F3N4O2.C3H8NO5P/c1-5-13-8-6-7-11(2)15(13)17(14(18)9-16)12(3)10-19-4;1-23(21,22)8-5-6-9(10(7-8)15(19)20)14(18)13-11(16)3-2-4-12(13)17;1-7-6-16-9-5-3-2-4-8(9)14(7)11(15)10(12)13;11-5-1-4(10(13,14)15)2-6(12)8(5)18-9(16)7(3-17-18)19(20)21;5-3(6)1-4-2-10(7,8)9/h6-8,12H,5,9-10H2,1-4H3;5-7,13H,2-4H2,1H3;2-5,7,10H,6H2,1H3;1-3H,16H2;4H,1-2H2,(H,5,6)(H2,7,8,9). The number of amides is 2. The van der Waals surface area contributed by atoms with Crippen molar-refractivity contribution in [2.24, 2.45) is 5.92 Å². The Bertz CT molecular complexity index is 3560. The molecule has 2 unspecified atom stereocenters. The normalized spacial score (nSPS) is 14.3. The number of halogens is 8. The lowest BCUT2D eigenvalue weighted by molar-refractivity contribution is -0.385. The zero-order valence-corrected chi connectivity index (χ0v) is 53.3. The van der Waals surface area contributed by atoms with E-state index in [1.807, 2.05) is 57.2 Å². The second-order valence-corrected chi connectivity index (χ2v) is 24.9. The third-order valence-electron chi connectivity index (χ3n) is 12.4. The van der Waals surface area contributed by atoms with Crippen LogP contribution in [0.25, 0.3) is 5.69 Å². The van der Waals surface area contributed by atoms with E-state index < -0.39 is 109 Å². The quantitative estimate of drug-likeness (QED) is 0.0144. The number of fused-ring (bicyclic) bond motifs is 1. The number of nitrogens with two attached hydrogens (primary N) is 1. The third kappa shape index (κ3) is 21.7. The number of nitrogens with zero attached hydrogens (tertiary/aromatic N) is 6. The fourth-order valence-electron chi connectivity index (χ4n) is 8.43. The molecule has 0 spiro atoms. The number of carboxylic acid groups (broad SMARTS) is 1. The van der Waals surface area contributed by atoms with Crippen molar-refractivity contribution in [1.82, 2.24) is 15.1 Å². The van der Waals surface area contributed by atoms with Crippen molar-refractivity contribution in [2.45, 2.75) is 81.4 Å². The molecule has 26 nitrogen and oxygen atoms in total. The summed E-state index contributed by atoms with van der Waals surface area (Å²) < 4.78 is 82.4. The van der Waals surface area contributed by atoms with E-state index in [4.69, 9.17) is 88.1 Å². The zero-order valence-electron chi connectivity index (χ0n) is 47.8. The van der Waals surface area contributed by atoms with Crippen LogP contribution in [0.5, 0.6) is 5.75 Å². The summed E-state index contributed by atoms with van der Waals surface area (Å²) in [4.78, 5) is 108. The van der Waals surface area contributed by atoms with Gasteiger partial charge in [0.05, 0.1) is 78.8 Å². The summed E-state index contributed by atoms with van der Waals surface area (Å²) >= 11 is 28.5. The molecule has 1 aliphatic carbocycles. The summed E-state index contributed by atoms with van der Waals surface area (Å²) in [5, 5.41) is 34.7. The Hall–Kier alpha value is -6.83. The van der Waals surface area contributed by atoms with Gasteiger partial charge in [-0.05, 0) is 81.1 Å². The predicted molar refractivity (Wildman–Crippen MR) is 325 cm³/mol. The number of anilines is 3. The number of aryl methyl sites for hydroxylation is 2. The van der Waals surface area contributed by atoms with Gasteiger partial charge in [-0.25, -0.2) is 13.1 Å². The van der Waals surface area contributed by atoms with Crippen LogP contribution in [0.4, 0.5) is 41.7 Å². The first kappa shape index (κ1) is 76.4. The fraction of sp³-hybridized carbons (Fsp3) is 0.377. The molecule has 1 aromatic heterocycles. The molecule has 0 radical (unpaired) electrons. The minimum Gasteiger partial charge on any atom is -0.489 e. The van der Waals surface area contributed by atoms with Gasteiger partial charge >= 0.3 is 25.4 Å². The van der Waals surface area contributed by atoms with Crippen LogP contribution in [0.1, 0.15) is 67.1 Å². The summed E-state index contributed by atoms with van der Waals surface area (Å²) in [6.45, 7) is 8.46. The molecule has 1 fully saturated rings. The summed E-state index contributed by atoms with van der Waals surface area (Å²) in [5.41, 5.74) is 6.55. The molecular formula is C53H59Cl5F3N8O18PS. The molecule has 5 aromatic rings. The van der Waals surface area contributed by atoms with Gasteiger partial charge in [-0.3, -0.25) is 58.9 Å². The number of ketones is 3. The number of aliphatic carboxylic acids is 1. The molecule has 1 saturated carbocycles. The van der Waals surface area contributed by atoms with Crippen LogP contribution < -0.4 is 25.6 Å². The fourth-order valence-corrected chi connectivity index (χ4v) is 10.5. The first-order valence-corrected chi connectivity index (χ1v) is 31.6. The number of nitrogens with one attached hydrogen (secondary N) is 1. The van der Waals surface area contributed by atoms with Gasteiger partial charge in [0.2, 0.25) is 11.7 Å². The number of ether oxygens (including phenoxy) is 2. The number of nitrogen functional groups attached to an aromatic ring is 1. The molecule has 36 heteroatoms. The van der Waals surface area contributed by atoms with E-state index in [0.717, 1.165) is 64.3 Å². The second kappa shape index (κ2) is 33.8. The van der Waals surface area contributed by atoms with Crippen LogP contribution in [0.3, 0.4) is 0 Å². The van der Waals surface area contributed by atoms with Gasteiger partial charge in [-0.15, -0.1) is 11.6 Å². The SMILES string of the molecule is CC1COc2ccccc2N1C(=O)C(Cl)Cl.CCc1cccc(C)c1N(C(=O)CCl)C(C)COC.CS(=O)(=O)c1ccc(C(=O)C2C(=O)CCCC2=O)c([N+](=O)[O-])c1.Nc1c([N+](=O)[O-])cnn1-c1c(Cl)cc(C(F)(F)F)cc1Cl.O=C(O)CNCP(=O)(O)O. The predicted octanol–water partition coefficient (Wildman–Crippen LogP) is 9.37. The first-order valence-electron chi connectivity index (χ1n) is 25.7. The van der Waals surface area contributed by atoms with E-state index in [-0.39, 0.29) is 63.2 Å². The molecule has 89 heavy (non-hydrogen) atoms. The van der Waals surface area contributed by atoms with Crippen molar-refractivity contribution >= 4 is 139 Å². The summed E-state index contributed by atoms with van der Waals surface area (Å²) in [5.74, 6) is -4.90. The highest BCUT2D eigenvalue weighted by Crippen LogP contribution is 2.40. The van der Waals surface area contributed by atoms with E-state index in [2.05, 4.69) is 23.4 Å². The molecule has 4 aromatic carbocycles. The van der Waals surface area contributed by atoms with Gasteiger partial charge in [-0.2, -0.15) is 18.3 Å². The van der Waals surface area contributed by atoms with Crippen LogP contribution >= 0.6 is 65.6 Å². The van der Waals surface area contributed by atoms with Gasteiger partial charge in [0.15, 0.2) is 32.0 Å². The number of aromatic nitrogens is 2. The summed E-state index contributed by atoms with van der Waals surface area (Å²) in [7, 11) is -6.16. The molecule has 7 rings (SSSR count). The number of carboxylic acids is 1. The lowest BCUT2D eigenvalue weighted by Crippen LogP contribution is -2.47. The number of benzene rings is 4. The number of carbonyl (C=O) groups excluding carboxylic acids is 5. The molecule has 2 atom stereocenters. The number of alkyl halides is 6. The van der Waals surface area contributed by atoms with E-state index in [9.17, 15) is 75.1 Å². The molecule has 1 aliphatic heterocycles. The van der Waals surface area contributed by atoms with Gasteiger partial charge in [0.25, 0.3) is 11.6 Å². The highest BCUT2D eigenvalue weighted by Gasteiger charge is 2.40. The van der Waals surface area contributed by atoms with Crippen molar-refractivity contribution < 1.29 is 89.1 Å². The van der Waals surface area contributed by atoms with Gasteiger partial charge in [-0.1, -0.05) is 83.7 Å².